The van der Waals surface area contributed by atoms with Gasteiger partial charge in [-0.05, 0) is 55.8 Å². The lowest BCUT2D eigenvalue weighted by molar-refractivity contribution is 1.07. The first-order chi connectivity index (χ1) is 24.6. The second kappa shape index (κ2) is 12.8. The molecule has 8 aromatic rings. The zero-order valence-electron chi connectivity index (χ0n) is 28.1. The number of para-hydroxylation sites is 1. The molecule has 50 heavy (non-hydrogen) atoms. The van der Waals surface area contributed by atoms with Crippen molar-refractivity contribution < 1.29 is 0 Å². The fourth-order valence-electron chi connectivity index (χ4n) is 6.84. The van der Waals surface area contributed by atoms with Gasteiger partial charge in [0.05, 0.1) is 16.6 Å². The van der Waals surface area contributed by atoms with Crippen LogP contribution >= 0.6 is 0 Å². The number of benzene rings is 5. The van der Waals surface area contributed by atoms with Gasteiger partial charge in [0.25, 0.3) is 0 Å². The Labute approximate surface area is 291 Å². The summed E-state index contributed by atoms with van der Waals surface area (Å²) in [5.41, 5.74) is 10.3. The van der Waals surface area contributed by atoms with E-state index in [0.29, 0.717) is 17.5 Å². The van der Waals surface area contributed by atoms with Crippen LogP contribution in [0.4, 0.5) is 0 Å². The van der Waals surface area contributed by atoms with Crippen molar-refractivity contribution in [3.8, 4) is 39.9 Å². The number of rotatable bonds is 8. The Morgan fingerprint density at radius 1 is 0.620 bits per heavy atom. The highest BCUT2D eigenvalue weighted by molar-refractivity contribution is 6.12. The van der Waals surface area contributed by atoms with Crippen LogP contribution in [-0.4, -0.2) is 24.1 Å². The van der Waals surface area contributed by atoms with Gasteiger partial charge in [-0.3, -0.25) is 0 Å². The zero-order valence-corrected chi connectivity index (χ0v) is 28.1. The van der Waals surface area contributed by atoms with E-state index >= 15 is 0 Å². The molecule has 0 aliphatic carbocycles. The van der Waals surface area contributed by atoms with Gasteiger partial charge in [-0.15, -0.1) is 0 Å². The molecule has 5 nitrogen and oxygen atoms in total. The lowest BCUT2D eigenvalue weighted by Crippen LogP contribution is -2.00. The molecule has 240 valence electrons. The van der Waals surface area contributed by atoms with Gasteiger partial charge in [-0.25, -0.2) is 15.0 Å². The normalized spacial score (nSPS) is 11.8. The second-order valence-electron chi connectivity index (χ2n) is 12.3. The number of aryl methyl sites for hydroxylation is 1. The second-order valence-corrected chi connectivity index (χ2v) is 12.3. The number of hydrogen-bond acceptors (Lipinski definition) is 3. The van der Waals surface area contributed by atoms with Gasteiger partial charge in [0, 0.05) is 49.9 Å². The summed E-state index contributed by atoms with van der Waals surface area (Å²) in [5, 5.41) is 3.49. The van der Waals surface area contributed by atoms with E-state index < -0.39 is 0 Å². The lowest BCUT2D eigenvalue weighted by atomic mass is 10.1. The minimum atomic E-state index is 0.606. The van der Waals surface area contributed by atoms with Crippen molar-refractivity contribution in [1.82, 2.24) is 24.1 Å². The molecule has 0 amide bonds. The largest absolute Gasteiger partial charge is 0.310 e. The molecule has 0 atom stereocenters. The fourth-order valence-corrected chi connectivity index (χ4v) is 6.84. The first kappa shape index (κ1) is 30.7. The highest BCUT2D eigenvalue weighted by Gasteiger charge is 2.19. The highest BCUT2D eigenvalue weighted by atomic mass is 15.0. The van der Waals surface area contributed by atoms with E-state index in [9.17, 15) is 0 Å². The minimum Gasteiger partial charge on any atom is -0.310 e. The van der Waals surface area contributed by atoms with Crippen LogP contribution in [0.25, 0.3) is 84.3 Å². The first-order valence-electron chi connectivity index (χ1n) is 16.7. The van der Waals surface area contributed by atoms with Crippen LogP contribution in [0.2, 0.25) is 0 Å². The van der Waals surface area contributed by atoms with Gasteiger partial charge in [0.1, 0.15) is 0 Å². The smallest absolute Gasteiger partial charge is 0.164 e. The molecule has 3 aromatic heterocycles. The third-order valence-electron chi connectivity index (χ3n) is 9.18. The van der Waals surface area contributed by atoms with Crippen molar-refractivity contribution in [3.05, 3.63) is 170 Å². The third kappa shape index (κ3) is 5.26. The third-order valence-corrected chi connectivity index (χ3v) is 9.18. The van der Waals surface area contributed by atoms with Gasteiger partial charge in [-0.1, -0.05) is 128 Å². The van der Waals surface area contributed by atoms with Crippen LogP contribution in [0, 0.1) is 6.92 Å². The predicted octanol–water partition coefficient (Wildman–Crippen LogP) is 11.5. The van der Waals surface area contributed by atoms with Crippen LogP contribution in [0.3, 0.4) is 0 Å². The molecule has 0 saturated heterocycles. The quantitative estimate of drug-likeness (QED) is 0.155. The van der Waals surface area contributed by atoms with Gasteiger partial charge in [-0.2, -0.15) is 0 Å². The van der Waals surface area contributed by atoms with E-state index in [1.807, 2.05) is 72.8 Å². The number of fused-ring (bicyclic) bond motifs is 4. The Balaban J connectivity index is 1.37. The summed E-state index contributed by atoms with van der Waals surface area (Å²) < 4.78 is 4.57. The average molecular weight is 646 g/mol. The van der Waals surface area contributed by atoms with Crippen LogP contribution in [0.5, 0.6) is 0 Å². The van der Waals surface area contributed by atoms with Crippen molar-refractivity contribution >= 4 is 44.5 Å². The summed E-state index contributed by atoms with van der Waals surface area (Å²) >= 11 is 0. The molecule has 0 unspecified atom stereocenters. The molecule has 0 radical (unpaired) electrons. The van der Waals surface area contributed by atoms with Crippen molar-refractivity contribution in [2.45, 2.75) is 13.8 Å². The highest BCUT2D eigenvalue weighted by Crippen LogP contribution is 2.37. The summed E-state index contributed by atoms with van der Waals surface area (Å²) in [6.07, 6.45) is 9.98. The van der Waals surface area contributed by atoms with Crippen LogP contribution in [0.15, 0.2) is 159 Å². The SMILES string of the molecule is C=C/C=C\C(=C)n1c2cc(-c3nc(-c4ccccc4)nc(-c4ccccc4)n3)ccc2c2ccc(-n3c(/C=C\C)c(C)c4ccccc43)cc21. The average Bonchev–Trinajstić information content (AvgIpc) is 3.64. The molecule has 0 aliphatic heterocycles. The van der Waals surface area contributed by atoms with Crippen molar-refractivity contribution in [2.24, 2.45) is 0 Å². The van der Waals surface area contributed by atoms with Gasteiger partial charge >= 0.3 is 0 Å². The molecule has 0 bridgehead atoms. The summed E-state index contributed by atoms with van der Waals surface area (Å²) in [6.45, 7) is 12.7. The number of hydrogen-bond donors (Lipinski definition) is 0. The van der Waals surface area contributed by atoms with Crippen molar-refractivity contribution in [2.75, 3.05) is 0 Å². The van der Waals surface area contributed by atoms with Crippen molar-refractivity contribution in [3.63, 3.8) is 0 Å². The molecule has 5 aromatic carbocycles. The van der Waals surface area contributed by atoms with Crippen LogP contribution in [0.1, 0.15) is 18.2 Å². The fraction of sp³-hybridized carbons (Fsp3) is 0.0444. The summed E-state index contributed by atoms with van der Waals surface area (Å²) in [4.78, 5) is 14.9. The summed E-state index contributed by atoms with van der Waals surface area (Å²) in [6, 6.07) is 41.8. The van der Waals surface area contributed by atoms with Gasteiger partial charge in [0.2, 0.25) is 0 Å². The Kier molecular flexibility index (Phi) is 7.86. The first-order valence-corrected chi connectivity index (χ1v) is 16.7. The Morgan fingerprint density at radius 3 is 1.84 bits per heavy atom. The molecular formula is C45H35N5. The number of allylic oxidation sites excluding steroid dienone is 5. The standard InChI is InChI=1S/C45H35N5/c1-5-7-17-30(3)49-41-28-34(45-47-43(32-18-10-8-11-19-32)46-44(48-45)33-20-12-9-13-21-33)24-26-37(41)38-27-25-35(29-42(38)49)50-39(16-6-2)31(4)36-22-14-15-23-40(36)50/h5-29H,1,3H2,2,4H3/b16-6-,17-7-. The van der Waals surface area contributed by atoms with E-state index in [4.69, 9.17) is 15.0 Å². The Bertz CT molecular complexity index is 2580. The molecule has 3 heterocycles. The molecule has 0 fully saturated rings. The van der Waals surface area contributed by atoms with E-state index in [2.05, 4.69) is 109 Å². The van der Waals surface area contributed by atoms with Gasteiger partial charge < -0.3 is 9.13 Å². The van der Waals surface area contributed by atoms with Crippen molar-refractivity contribution in [1.29, 1.82) is 0 Å². The molecule has 0 N–H and O–H groups in total. The van der Waals surface area contributed by atoms with Crippen LogP contribution in [-0.2, 0) is 0 Å². The van der Waals surface area contributed by atoms with E-state index in [1.54, 1.807) is 6.08 Å². The Morgan fingerprint density at radius 2 is 1.20 bits per heavy atom. The maximum Gasteiger partial charge on any atom is 0.164 e. The maximum atomic E-state index is 5.01. The molecular weight excluding hydrogens is 611 g/mol. The van der Waals surface area contributed by atoms with E-state index in [-0.39, 0.29) is 0 Å². The molecule has 0 spiro atoms. The lowest BCUT2D eigenvalue weighted by Gasteiger charge is -2.12. The Hall–Kier alpha value is -6.59. The molecule has 0 aliphatic rings. The summed E-state index contributed by atoms with van der Waals surface area (Å²) in [7, 11) is 0. The monoisotopic (exact) mass is 645 g/mol. The maximum absolute atomic E-state index is 5.01. The number of nitrogens with zero attached hydrogens (tertiary/aromatic N) is 5. The molecule has 5 heteroatoms. The number of aromatic nitrogens is 5. The molecule has 0 saturated carbocycles. The topological polar surface area (TPSA) is 48.5 Å². The van der Waals surface area contributed by atoms with Crippen LogP contribution < -0.4 is 0 Å². The predicted molar refractivity (Wildman–Crippen MR) is 210 cm³/mol. The molecule has 8 rings (SSSR count). The minimum absolute atomic E-state index is 0.606. The van der Waals surface area contributed by atoms with Gasteiger partial charge in [0.15, 0.2) is 17.5 Å². The summed E-state index contributed by atoms with van der Waals surface area (Å²) in [5.74, 6) is 1.86. The zero-order chi connectivity index (χ0) is 34.2. The van der Waals surface area contributed by atoms with E-state index in [1.165, 1.54) is 22.2 Å². The van der Waals surface area contributed by atoms with E-state index in [0.717, 1.165) is 49.9 Å².